The Morgan fingerprint density at radius 1 is 1.22 bits per heavy atom. The van der Waals surface area contributed by atoms with E-state index in [0.29, 0.717) is 33.2 Å². The second kappa shape index (κ2) is 6.01. The molecule has 2 aromatic carbocycles. The van der Waals surface area contributed by atoms with Crippen molar-refractivity contribution in [2.75, 3.05) is 30.9 Å². The highest BCUT2D eigenvalue weighted by atomic mass is 35.5. The highest BCUT2D eigenvalue weighted by Crippen LogP contribution is 2.31. The molecule has 0 atom stereocenters. The number of amides is 1. The maximum absolute atomic E-state index is 14.4. The Morgan fingerprint density at radius 2 is 1.96 bits per heavy atom. The van der Waals surface area contributed by atoms with Crippen molar-refractivity contribution < 1.29 is 9.18 Å². The lowest BCUT2D eigenvalue weighted by Gasteiger charge is -2.18. The molecule has 0 aliphatic carbocycles. The number of nitrogens with zero attached hydrogens (tertiary/aromatic N) is 2. The number of aliphatic imine (C=N–C) groups is 1. The minimum Gasteiger partial charge on any atom is -0.375 e. The van der Waals surface area contributed by atoms with Crippen LogP contribution in [0, 0.1) is 5.82 Å². The third-order valence-corrected chi connectivity index (χ3v) is 3.94. The van der Waals surface area contributed by atoms with Gasteiger partial charge in [0.2, 0.25) is 5.91 Å². The fraction of sp³-hybridized carbons (Fsp3) is 0.176. The number of anilines is 2. The molecule has 0 saturated carbocycles. The second-order valence-corrected chi connectivity index (χ2v) is 5.84. The Hall–Kier alpha value is -2.40. The number of carbonyl (C=O) groups excluding carboxylic acids is 1. The van der Waals surface area contributed by atoms with Crippen LogP contribution in [-0.4, -0.2) is 32.3 Å². The van der Waals surface area contributed by atoms with E-state index in [1.807, 2.05) is 12.1 Å². The van der Waals surface area contributed by atoms with Gasteiger partial charge < -0.3 is 10.2 Å². The summed E-state index contributed by atoms with van der Waals surface area (Å²) >= 11 is 6.25. The standard InChI is InChI=1S/C17H15ClFN3O/c1-22(2)15-8-14-11(7-13(15)19)17(20-9-16(23)21-14)10-5-3-4-6-12(10)18/h3-8H,9H2,1-2H3,(H,21,23). The minimum atomic E-state index is -0.385. The van der Waals surface area contributed by atoms with Gasteiger partial charge in [0.15, 0.2) is 0 Å². The molecular formula is C17H15ClFN3O. The highest BCUT2D eigenvalue weighted by molar-refractivity contribution is 6.36. The van der Waals surface area contributed by atoms with Crippen LogP contribution in [0.5, 0.6) is 0 Å². The highest BCUT2D eigenvalue weighted by Gasteiger charge is 2.22. The average Bonchev–Trinajstić information content (AvgIpc) is 2.65. The monoisotopic (exact) mass is 331 g/mol. The van der Waals surface area contributed by atoms with E-state index >= 15 is 0 Å². The van der Waals surface area contributed by atoms with Gasteiger partial charge in [-0.2, -0.15) is 0 Å². The van der Waals surface area contributed by atoms with E-state index in [2.05, 4.69) is 10.3 Å². The lowest BCUT2D eigenvalue weighted by atomic mass is 9.99. The molecule has 3 rings (SSSR count). The molecule has 2 aromatic rings. The molecule has 4 nitrogen and oxygen atoms in total. The molecule has 0 radical (unpaired) electrons. The molecule has 0 unspecified atom stereocenters. The zero-order valence-electron chi connectivity index (χ0n) is 12.7. The number of benzodiazepines with no additional fused rings is 1. The number of benzene rings is 2. The van der Waals surface area contributed by atoms with Crippen molar-refractivity contribution >= 4 is 34.6 Å². The number of carbonyl (C=O) groups is 1. The lowest BCUT2D eigenvalue weighted by molar-refractivity contribution is -0.114. The summed E-state index contributed by atoms with van der Waals surface area (Å²) in [7, 11) is 3.48. The normalized spacial score (nSPS) is 13.7. The molecule has 23 heavy (non-hydrogen) atoms. The van der Waals surface area contributed by atoms with Gasteiger partial charge in [0.05, 0.1) is 17.1 Å². The maximum Gasteiger partial charge on any atom is 0.246 e. The molecule has 1 aliphatic heterocycles. The van der Waals surface area contributed by atoms with Crippen molar-refractivity contribution in [3.63, 3.8) is 0 Å². The van der Waals surface area contributed by atoms with Gasteiger partial charge in [-0.3, -0.25) is 9.79 Å². The number of hydrogen-bond donors (Lipinski definition) is 1. The summed E-state index contributed by atoms with van der Waals surface area (Å²) in [5.74, 6) is -0.630. The SMILES string of the molecule is CN(C)c1cc2c(cc1F)C(c1ccccc1Cl)=NCC(=O)N2. The van der Waals surface area contributed by atoms with Crippen molar-refractivity contribution in [2.45, 2.75) is 0 Å². The van der Waals surface area contributed by atoms with Gasteiger partial charge in [-0.25, -0.2) is 4.39 Å². The fourth-order valence-corrected chi connectivity index (χ4v) is 2.74. The smallest absolute Gasteiger partial charge is 0.246 e. The Labute approximate surface area is 138 Å². The predicted octanol–water partition coefficient (Wildman–Crippen LogP) is 3.33. The minimum absolute atomic E-state index is 0.0336. The van der Waals surface area contributed by atoms with E-state index in [-0.39, 0.29) is 18.3 Å². The molecular weight excluding hydrogens is 317 g/mol. The van der Waals surface area contributed by atoms with Crippen LogP contribution in [0.3, 0.4) is 0 Å². The number of nitrogens with one attached hydrogen (secondary N) is 1. The van der Waals surface area contributed by atoms with E-state index in [1.54, 1.807) is 37.2 Å². The summed E-state index contributed by atoms with van der Waals surface area (Å²) in [5.41, 5.74) is 2.62. The lowest BCUT2D eigenvalue weighted by Crippen LogP contribution is -2.16. The quantitative estimate of drug-likeness (QED) is 0.917. The van der Waals surface area contributed by atoms with Gasteiger partial charge in [0.1, 0.15) is 12.4 Å². The topological polar surface area (TPSA) is 44.7 Å². The van der Waals surface area contributed by atoms with E-state index in [9.17, 15) is 9.18 Å². The third-order valence-electron chi connectivity index (χ3n) is 3.61. The van der Waals surface area contributed by atoms with Crippen LogP contribution in [0.4, 0.5) is 15.8 Å². The Morgan fingerprint density at radius 3 is 2.65 bits per heavy atom. The zero-order valence-corrected chi connectivity index (χ0v) is 13.5. The maximum atomic E-state index is 14.4. The van der Waals surface area contributed by atoms with Crippen molar-refractivity contribution in [1.29, 1.82) is 0 Å². The van der Waals surface area contributed by atoms with E-state index in [4.69, 9.17) is 11.6 Å². The summed E-state index contributed by atoms with van der Waals surface area (Å²) in [6, 6.07) is 10.2. The first-order valence-corrected chi connectivity index (χ1v) is 7.45. The Bertz CT molecular complexity index is 817. The van der Waals surface area contributed by atoms with Crippen molar-refractivity contribution in [2.24, 2.45) is 4.99 Å². The first kappa shape index (κ1) is 15.5. The molecule has 1 N–H and O–H groups in total. The molecule has 0 aromatic heterocycles. The summed E-state index contributed by atoms with van der Waals surface area (Å²) < 4.78 is 14.4. The van der Waals surface area contributed by atoms with Crippen LogP contribution in [0.25, 0.3) is 0 Å². The van der Waals surface area contributed by atoms with Crippen molar-refractivity contribution in [3.8, 4) is 0 Å². The van der Waals surface area contributed by atoms with Gasteiger partial charge in [-0.05, 0) is 18.2 Å². The van der Waals surface area contributed by atoms with Crippen LogP contribution < -0.4 is 10.2 Å². The molecule has 1 aliphatic rings. The van der Waals surface area contributed by atoms with Crippen molar-refractivity contribution in [3.05, 3.63) is 58.4 Å². The number of rotatable bonds is 2. The Balaban J connectivity index is 2.23. The van der Waals surface area contributed by atoms with Gasteiger partial charge in [-0.1, -0.05) is 29.8 Å². The van der Waals surface area contributed by atoms with E-state index < -0.39 is 0 Å². The van der Waals surface area contributed by atoms with Crippen LogP contribution >= 0.6 is 11.6 Å². The first-order valence-electron chi connectivity index (χ1n) is 7.08. The predicted molar refractivity (Wildman–Crippen MR) is 91.3 cm³/mol. The molecule has 0 spiro atoms. The molecule has 0 fully saturated rings. The van der Waals surface area contributed by atoms with Crippen LogP contribution in [0.1, 0.15) is 11.1 Å². The van der Waals surface area contributed by atoms with Crippen LogP contribution in [0.2, 0.25) is 5.02 Å². The first-order chi connectivity index (χ1) is 11.0. The summed E-state index contributed by atoms with van der Waals surface area (Å²) in [4.78, 5) is 17.9. The number of halogens is 2. The summed E-state index contributed by atoms with van der Waals surface area (Å²) in [5, 5.41) is 3.28. The van der Waals surface area contributed by atoms with E-state index in [0.717, 1.165) is 0 Å². The van der Waals surface area contributed by atoms with E-state index in [1.165, 1.54) is 6.07 Å². The molecule has 0 saturated heterocycles. The van der Waals surface area contributed by atoms with Gasteiger partial charge in [0.25, 0.3) is 0 Å². The molecule has 1 heterocycles. The summed E-state index contributed by atoms with van der Waals surface area (Å²) in [6.45, 7) is -0.0336. The molecule has 1 amide bonds. The molecule has 0 bridgehead atoms. The van der Waals surface area contributed by atoms with Crippen LogP contribution in [-0.2, 0) is 4.79 Å². The second-order valence-electron chi connectivity index (χ2n) is 5.44. The molecule has 6 heteroatoms. The van der Waals surface area contributed by atoms with Crippen molar-refractivity contribution in [1.82, 2.24) is 0 Å². The number of hydrogen-bond acceptors (Lipinski definition) is 3. The average molecular weight is 332 g/mol. The zero-order chi connectivity index (χ0) is 16.6. The Kier molecular flexibility index (Phi) is 4.05. The van der Waals surface area contributed by atoms with Gasteiger partial charge in [-0.15, -0.1) is 0 Å². The van der Waals surface area contributed by atoms with Gasteiger partial charge in [0, 0.05) is 30.2 Å². The summed E-state index contributed by atoms with van der Waals surface area (Å²) in [6.07, 6.45) is 0. The fourth-order valence-electron chi connectivity index (χ4n) is 2.51. The third kappa shape index (κ3) is 2.92. The molecule has 118 valence electrons. The number of fused-ring (bicyclic) bond motifs is 1. The van der Waals surface area contributed by atoms with Gasteiger partial charge >= 0.3 is 0 Å². The van der Waals surface area contributed by atoms with Crippen LogP contribution in [0.15, 0.2) is 41.4 Å². The largest absolute Gasteiger partial charge is 0.375 e.